The number of hydrogen-bond donors (Lipinski definition) is 0. The van der Waals surface area contributed by atoms with Crippen LogP contribution in [-0.4, -0.2) is 25.3 Å². The van der Waals surface area contributed by atoms with Gasteiger partial charge >= 0.3 is 0 Å². The van der Waals surface area contributed by atoms with Crippen molar-refractivity contribution in [3.05, 3.63) is 23.8 Å². The number of Topliss-reactive ketones (excluding diaryl/α,β-unsaturated/α-hetero) is 1. The van der Waals surface area contributed by atoms with E-state index in [0.29, 0.717) is 36.1 Å². The first kappa shape index (κ1) is 16.3. The van der Waals surface area contributed by atoms with Crippen LogP contribution in [0.25, 0.3) is 0 Å². The summed E-state index contributed by atoms with van der Waals surface area (Å²) in [6.07, 6.45) is 10.8. The molecule has 0 bridgehead atoms. The summed E-state index contributed by atoms with van der Waals surface area (Å²) in [5.41, 5.74) is 1.11. The molecule has 0 aromatic carbocycles. The molecule has 130 valence electrons. The zero-order valence-corrected chi connectivity index (χ0v) is 15.0. The number of rotatable bonds is 2. The van der Waals surface area contributed by atoms with Crippen molar-refractivity contribution in [3.8, 4) is 0 Å². The molecule has 0 spiro atoms. The molecule has 0 aromatic heterocycles. The molecule has 4 aliphatic rings. The second-order valence-corrected chi connectivity index (χ2v) is 8.80. The molecule has 3 saturated carbocycles. The van der Waals surface area contributed by atoms with Gasteiger partial charge < -0.3 is 4.74 Å². The Morgan fingerprint density at radius 3 is 2.75 bits per heavy atom. The molecule has 4 rings (SSSR count). The van der Waals surface area contributed by atoms with E-state index >= 15 is 0 Å². The number of hydrogen-bond acceptors (Lipinski definition) is 3. The predicted molar refractivity (Wildman–Crippen MR) is 92.4 cm³/mol. The first-order valence-corrected chi connectivity index (χ1v) is 9.37. The normalized spacial score (nSPS) is 47.0. The van der Waals surface area contributed by atoms with Crippen molar-refractivity contribution in [1.82, 2.24) is 0 Å². The molecule has 3 unspecified atom stereocenters. The molecule has 0 heterocycles. The molecule has 0 saturated heterocycles. The number of methoxy groups -OCH3 is 1. The third kappa shape index (κ3) is 2.06. The van der Waals surface area contributed by atoms with Crippen LogP contribution in [0, 0.1) is 34.5 Å². The van der Waals surface area contributed by atoms with Gasteiger partial charge in [0.2, 0.25) is 0 Å². The fraction of sp³-hybridized carbons (Fsp3) is 0.714. The van der Waals surface area contributed by atoms with Crippen LogP contribution in [0.3, 0.4) is 0 Å². The lowest BCUT2D eigenvalue weighted by molar-refractivity contribution is -0.132. The topological polar surface area (TPSA) is 43.4 Å². The van der Waals surface area contributed by atoms with Crippen LogP contribution in [0.15, 0.2) is 23.8 Å². The second kappa shape index (κ2) is 5.39. The summed E-state index contributed by atoms with van der Waals surface area (Å²) in [5, 5.41) is 0. The molecule has 24 heavy (non-hydrogen) atoms. The minimum atomic E-state index is -0.107. The van der Waals surface area contributed by atoms with Crippen LogP contribution in [-0.2, 0) is 14.3 Å². The van der Waals surface area contributed by atoms with Crippen molar-refractivity contribution >= 4 is 11.6 Å². The largest absolute Gasteiger partial charge is 0.384 e. The van der Waals surface area contributed by atoms with Gasteiger partial charge in [-0.15, -0.1) is 0 Å². The molecule has 3 heteroatoms. The number of fused-ring (bicyclic) bond motifs is 5. The number of carbonyl (C=O) groups excluding carboxylic acids is 2. The molecule has 6 atom stereocenters. The Kier molecular flexibility index (Phi) is 3.65. The van der Waals surface area contributed by atoms with Gasteiger partial charge in [-0.05, 0) is 55.6 Å². The van der Waals surface area contributed by atoms with E-state index in [2.05, 4.69) is 19.9 Å². The first-order valence-electron chi connectivity index (χ1n) is 9.37. The molecule has 4 aliphatic carbocycles. The molecule has 0 N–H and O–H groups in total. The molecule has 0 amide bonds. The van der Waals surface area contributed by atoms with E-state index in [0.717, 1.165) is 32.1 Å². The smallest absolute Gasteiger partial charge is 0.178 e. The van der Waals surface area contributed by atoms with Gasteiger partial charge in [-0.3, -0.25) is 9.59 Å². The fourth-order valence-corrected chi connectivity index (χ4v) is 6.55. The second-order valence-electron chi connectivity index (χ2n) is 8.80. The number of allylic oxidation sites excluding steroid dienone is 3. The fourth-order valence-electron chi connectivity index (χ4n) is 6.55. The van der Waals surface area contributed by atoms with Crippen molar-refractivity contribution in [2.45, 2.75) is 46.0 Å². The Morgan fingerprint density at radius 1 is 1.21 bits per heavy atom. The van der Waals surface area contributed by atoms with Gasteiger partial charge in [0.1, 0.15) is 5.78 Å². The number of ketones is 2. The number of ether oxygens (including phenoxy) is 1. The Hall–Kier alpha value is -1.22. The molecule has 0 aliphatic heterocycles. The maximum Gasteiger partial charge on any atom is 0.178 e. The van der Waals surface area contributed by atoms with Gasteiger partial charge in [-0.1, -0.05) is 25.5 Å². The van der Waals surface area contributed by atoms with Gasteiger partial charge in [0.15, 0.2) is 5.78 Å². The molecule has 3 nitrogen and oxygen atoms in total. The Labute approximate surface area is 144 Å². The summed E-state index contributed by atoms with van der Waals surface area (Å²) in [6, 6.07) is 0. The van der Waals surface area contributed by atoms with Crippen LogP contribution < -0.4 is 0 Å². The highest BCUT2D eigenvalue weighted by Gasteiger charge is 2.59. The lowest BCUT2D eigenvalue weighted by atomic mass is 9.46. The minimum absolute atomic E-state index is 0.0486. The van der Waals surface area contributed by atoms with Crippen LogP contribution in [0.1, 0.15) is 46.0 Å². The predicted octanol–water partition coefficient (Wildman–Crippen LogP) is 3.74. The summed E-state index contributed by atoms with van der Waals surface area (Å²) in [5.74, 6) is 2.51. The van der Waals surface area contributed by atoms with Crippen LogP contribution >= 0.6 is 0 Å². The van der Waals surface area contributed by atoms with Crippen LogP contribution in [0.2, 0.25) is 0 Å². The van der Waals surface area contributed by atoms with Gasteiger partial charge in [0, 0.05) is 30.3 Å². The van der Waals surface area contributed by atoms with E-state index in [1.807, 2.05) is 6.08 Å². The Bertz CT molecular complexity index is 645. The average Bonchev–Trinajstić information content (AvgIpc) is 2.85. The summed E-state index contributed by atoms with van der Waals surface area (Å²) in [7, 11) is 1.74. The van der Waals surface area contributed by atoms with Crippen molar-refractivity contribution in [2.75, 3.05) is 13.7 Å². The third-order valence-corrected chi connectivity index (χ3v) is 7.79. The van der Waals surface area contributed by atoms with Crippen molar-refractivity contribution in [3.63, 3.8) is 0 Å². The monoisotopic (exact) mass is 328 g/mol. The summed E-state index contributed by atoms with van der Waals surface area (Å²) < 4.78 is 5.50. The highest BCUT2D eigenvalue weighted by atomic mass is 16.5. The van der Waals surface area contributed by atoms with E-state index in [1.54, 1.807) is 13.2 Å². The van der Waals surface area contributed by atoms with Gasteiger partial charge in [-0.25, -0.2) is 0 Å². The highest BCUT2D eigenvalue weighted by Crippen LogP contribution is 2.64. The summed E-state index contributed by atoms with van der Waals surface area (Å²) >= 11 is 0. The average molecular weight is 328 g/mol. The van der Waals surface area contributed by atoms with E-state index in [1.165, 1.54) is 5.57 Å². The Balaban J connectivity index is 1.75. The van der Waals surface area contributed by atoms with E-state index < -0.39 is 0 Å². The van der Waals surface area contributed by atoms with E-state index in [-0.39, 0.29) is 16.6 Å². The quantitative estimate of drug-likeness (QED) is 0.775. The molecule has 0 radical (unpaired) electrons. The first-order chi connectivity index (χ1) is 11.4. The SMILES string of the molecule is COC[C@H]1CC2C(CC[C@]3(C)C(=O)CCC23)[C@@]2(C)C=CC(=O)C=C12. The zero-order chi connectivity index (χ0) is 17.1. The van der Waals surface area contributed by atoms with Gasteiger partial charge in [0.05, 0.1) is 6.61 Å². The maximum absolute atomic E-state index is 12.5. The van der Waals surface area contributed by atoms with Crippen LogP contribution in [0.4, 0.5) is 0 Å². The van der Waals surface area contributed by atoms with E-state index in [9.17, 15) is 9.59 Å². The lowest BCUT2D eigenvalue weighted by Crippen LogP contribution is -2.52. The van der Waals surface area contributed by atoms with Crippen molar-refractivity contribution < 1.29 is 14.3 Å². The van der Waals surface area contributed by atoms with Gasteiger partial charge in [-0.2, -0.15) is 0 Å². The molecular formula is C21H28O3. The Morgan fingerprint density at radius 2 is 2.00 bits per heavy atom. The zero-order valence-electron chi connectivity index (χ0n) is 15.0. The lowest BCUT2D eigenvalue weighted by Gasteiger charge is -2.57. The summed E-state index contributed by atoms with van der Waals surface area (Å²) in [4.78, 5) is 24.5. The summed E-state index contributed by atoms with van der Waals surface area (Å²) in [6.45, 7) is 5.19. The molecule has 3 fully saturated rings. The maximum atomic E-state index is 12.5. The highest BCUT2D eigenvalue weighted by molar-refractivity contribution is 6.01. The number of carbonyl (C=O) groups is 2. The van der Waals surface area contributed by atoms with Crippen molar-refractivity contribution in [2.24, 2.45) is 34.5 Å². The minimum Gasteiger partial charge on any atom is -0.384 e. The van der Waals surface area contributed by atoms with Crippen molar-refractivity contribution in [1.29, 1.82) is 0 Å². The standard InChI is InChI=1S/C21H28O3/c1-20-8-6-14(22)11-18(20)13(12-24-3)10-15-16-4-5-19(23)21(16,2)9-7-17(15)20/h6,8,11,13,15-17H,4-5,7,9-10,12H2,1-3H3/t13-,15?,16?,17?,20-,21+/m1/s1. The molecular weight excluding hydrogens is 300 g/mol. The van der Waals surface area contributed by atoms with Gasteiger partial charge in [0.25, 0.3) is 0 Å². The van der Waals surface area contributed by atoms with Crippen LogP contribution in [0.5, 0.6) is 0 Å². The van der Waals surface area contributed by atoms with E-state index in [4.69, 9.17) is 4.74 Å². The molecule has 0 aromatic rings. The third-order valence-electron chi connectivity index (χ3n) is 7.79.